The lowest BCUT2D eigenvalue weighted by molar-refractivity contribution is 0.112. The molecule has 0 fully saturated rings. The summed E-state index contributed by atoms with van der Waals surface area (Å²) in [5.74, 6) is 0. The van der Waals surface area contributed by atoms with Crippen molar-refractivity contribution in [3.63, 3.8) is 0 Å². The molecule has 0 aliphatic rings. The molecule has 2 nitrogen and oxygen atoms in total. The van der Waals surface area contributed by atoms with Crippen LogP contribution in [0.4, 0.5) is 0 Å². The molecule has 0 aromatic carbocycles. The van der Waals surface area contributed by atoms with Gasteiger partial charge >= 0.3 is 0 Å². The number of hydrogen-bond acceptors (Lipinski definition) is 2. The molecule has 11 heavy (non-hydrogen) atoms. The van der Waals surface area contributed by atoms with Crippen LogP contribution in [0.1, 0.15) is 24.2 Å². The van der Waals surface area contributed by atoms with E-state index in [1.807, 2.05) is 13.8 Å². The number of aldehydes is 1. The van der Waals surface area contributed by atoms with Crippen LogP contribution in [0.25, 0.3) is 0 Å². The SMILES string of the molecule is CC.O=Cc1cccnc1Cl. The van der Waals surface area contributed by atoms with Crippen molar-refractivity contribution in [2.24, 2.45) is 0 Å². The molecule has 1 rings (SSSR count). The minimum atomic E-state index is 0.257. The van der Waals surface area contributed by atoms with Crippen LogP contribution in [-0.4, -0.2) is 11.3 Å². The lowest BCUT2D eigenvalue weighted by Gasteiger charge is -1.89. The van der Waals surface area contributed by atoms with Gasteiger partial charge in [-0.25, -0.2) is 4.98 Å². The molecule has 1 heterocycles. The molecule has 0 unspecified atom stereocenters. The highest BCUT2D eigenvalue weighted by Crippen LogP contribution is 2.07. The largest absolute Gasteiger partial charge is 0.298 e. The van der Waals surface area contributed by atoms with E-state index in [1.165, 1.54) is 6.20 Å². The van der Waals surface area contributed by atoms with Crippen molar-refractivity contribution in [1.82, 2.24) is 4.98 Å². The fourth-order valence-electron chi connectivity index (χ4n) is 0.486. The van der Waals surface area contributed by atoms with Gasteiger partial charge in [-0.3, -0.25) is 4.79 Å². The normalized spacial score (nSPS) is 7.91. The predicted molar refractivity (Wildman–Crippen MR) is 46.0 cm³/mol. The molecule has 0 spiro atoms. The third-order valence-electron chi connectivity index (χ3n) is 0.915. The second kappa shape index (κ2) is 5.86. The standard InChI is InChI=1S/C6H4ClNO.C2H6/c7-6-5(4-9)2-1-3-8-6;1-2/h1-4H;1-2H3. The molecule has 60 valence electrons. The molecule has 0 aliphatic carbocycles. The molecule has 0 atom stereocenters. The lowest BCUT2D eigenvalue weighted by atomic mass is 10.3. The van der Waals surface area contributed by atoms with Gasteiger partial charge in [0, 0.05) is 6.20 Å². The lowest BCUT2D eigenvalue weighted by Crippen LogP contribution is -1.82. The van der Waals surface area contributed by atoms with Gasteiger partial charge in [0.1, 0.15) is 5.15 Å². The second-order valence-electron chi connectivity index (χ2n) is 1.50. The van der Waals surface area contributed by atoms with Crippen LogP contribution in [0.15, 0.2) is 18.3 Å². The summed E-state index contributed by atoms with van der Waals surface area (Å²) in [6, 6.07) is 3.28. The number of hydrogen-bond donors (Lipinski definition) is 0. The molecule has 3 heteroatoms. The second-order valence-corrected chi connectivity index (χ2v) is 1.86. The Kier molecular flexibility index (Phi) is 5.39. The monoisotopic (exact) mass is 171 g/mol. The summed E-state index contributed by atoms with van der Waals surface area (Å²) in [5, 5.41) is 0.257. The Morgan fingerprint density at radius 1 is 1.55 bits per heavy atom. The Morgan fingerprint density at radius 3 is 2.55 bits per heavy atom. The Bertz CT molecular complexity index is 225. The van der Waals surface area contributed by atoms with E-state index in [-0.39, 0.29) is 5.15 Å². The summed E-state index contributed by atoms with van der Waals surface area (Å²) in [4.78, 5) is 13.8. The van der Waals surface area contributed by atoms with E-state index in [0.717, 1.165) is 0 Å². The van der Waals surface area contributed by atoms with Gasteiger partial charge in [0.15, 0.2) is 6.29 Å². The van der Waals surface area contributed by atoms with E-state index in [1.54, 1.807) is 12.1 Å². The van der Waals surface area contributed by atoms with Crippen molar-refractivity contribution in [3.05, 3.63) is 29.0 Å². The highest BCUT2D eigenvalue weighted by molar-refractivity contribution is 6.31. The fourth-order valence-corrected chi connectivity index (χ4v) is 0.650. The van der Waals surface area contributed by atoms with Crippen LogP contribution in [0, 0.1) is 0 Å². The Balaban J connectivity index is 0.000000461. The first-order chi connectivity index (χ1) is 5.34. The van der Waals surface area contributed by atoms with Gasteiger partial charge in [0.05, 0.1) is 5.56 Å². The van der Waals surface area contributed by atoms with Gasteiger partial charge in [-0.1, -0.05) is 25.4 Å². The van der Waals surface area contributed by atoms with Crippen LogP contribution in [0.3, 0.4) is 0 Å². The molecule has 0 bridgehead atoms. The van der Waals surface area contributed by atoms with Gasteiger partial charge in [0.2, 0.25) is 0 Å². The summed E-state index contributed by atoms with van der Waals surface area (Å²) in [7, 11) is 0. The number of carbonyl (C=O) groups is 1. The number of nitrogens with zero attached hydrogens (tertiary/aromatic N) is 1. The van der Waals surface area contributed by atoms with E-state index >= 15 is 0 Å². The summed E-state index contributed by atoms with van der Waals surface area (Å²) >= 11 is 5.48. The zero-order valence-corrected chi connectivity index (χ0v) is 7.30. The van der Waals surface area contributed by atoms with Crippen molar-refractivity contribution >= 4 is 17.9 Å². The number of rotatable bonds is 1. The minimum Gasteiger partial charge on any atom is -0.298 e. The average Bonchev–Trinajstić information content (AvgIpc) is 2.09. The van der Waals surface area contributed by atoms with Crippen molar-refractivity contribution < 1.29 is 4.79 Å². The predicted octanol–water partition coefficient (Wildman–Crippen LogP) is 2.57. The maximum atomic E-state index is 10.1. The quantitative estimate of drug-likeness (QED) is 0.480. The van der Waals surface area contributed by atoms with Gasteiger partial charge in [-0.2, -0.15) is 0 Å². The summed E-state index contributed by atoms with van der Waals surface area (Å²) in [5.41, 5.74) is 0.430. The first-order valence-corrected chi connectivity index (χ1v) is 3.78. The van der Waals surface area contributed by atoms with Crippen molar-refractivity contribution in [2.75, 3.05) is 0 Å². The molecular weight excluding hydrogens is 162 g/mol. The molecule has 0 radical (unpaired) electrons. The van der Waals surface area contributed by atoms with E-state index in [0.29, 0.717) is 11.8 Å². The first-order valence-electron chi connectivity index (χ1n) is 3.40. The summed E-state index contributed by atoms with van der Waals surface area (Å²) in [6.07, 6.45) is 2.21. The topological polar surface area (TPSA) is 30.0 Å². The van der Waals surface area contributed by atoms with Crippen LogP contribution in [0.2, 0.25) is 5.15 Å². The van der Waals surface area contributed by atoms with Gasteiger partial charge < -0.3 is 0 Å². The molecular formula is C8H10ClNO. The fraction of sp³-hybridized carbons (Fsp3) is 0.250. The van der Waals surface area contributed by atoms with Gasteiger partial charge in [0.25, 0.3) is 0 Å². The molecule has 1 aromatic rings. The molecule has 0 saturated heterocycles. The summed E-state index contributed by atoms with van der Waals surface area (Å²) < 4.78 is 0. The van der Waals surface area contributed by atoms with Crippen LogP contribution in [-0.2, 0) is 0 Å². The maximum Gasteiger partial charge on any atom is 0.153 e. The molecule has 0 N–H and O–H groups in total. The van der Waals surface area contributed by atoms with Crippen molar-refractivity contribution in [2.45, 2.75) is 13.8 Å². The maximum absolute atomic E-state index is 10.1. The Morgan fingerprint density at radius 2 is 2.18 bits per heavy atom. The van der Waals surface area contributed by atoms with E-state index < -0.39 is 0 Å². The molecule has 0 aliphatic heterocycles. The minimum absolute atomic E-state index is 0.257. The van der Waals surface area contributed by atoms with Crippen LogP contribution >= 0.6 is 11.6 Å². The van der Waals surface area contributed by atoms with Crippen LogP contribution in [0.5, 0.6) is 0 Å². The zero-order valence-electron chi connectivity index (χ0n) is 6.54. The highest BCUT2D eigenvalue weighted by Gasteiger charge is 1.94. The van der Waals surface area contributed by atoms with E-state index in [4.69, 9.17) is 11.6 Å². The third-order valence-corrected chi connectivity index (χ3v) is 1.23. The van der Waals surface area contributed by atoms with Gasteiger partial charge in [-0.05, 0) is 12.1 Å². The number of aromatic nitrogens is 1. The molecule has 0 amide bonds. The third kappa shape index (κ3) is 3.14. The first kappa shape index (κ1) is 10.1. The van der Waals surface area contributed by atoms with E-state index in [9.17, 15) is 4.79 Å². The van der Waals surface area contributed by atoms with Crippen molar-refractivity contribution in [3.8, 4) is 0 Å². The number of halogens is 1. The Labute approximate surface area is 71.2 Å². The Hall–Kier alpha value is -0.890. The van der Waals surface area contributed by atoms with Gasteiger partial charge in [-0.15, -0.1) is 0 Å². The average molecular weight is 172 g/mol. The zero-order chi connectivity index (χ0) is 8.69. The number of pyridine rings is 1. The van der Waals surface area contributed by atoms with E-state index in [2.05, 4.69) is 4.98 Å². The van der Waals surface area contributed by atoms with Crippen molar-refractivity contribution in [1.29, 1.82) is 0 Å². The molecule has 1 aromatic heterocycles. The summed E-state index contributed by atoms with van der Waals surface area (Å²) in [6.45, 7) is 4.00. The van der Waals surface area contributed by atoms with Crippen LogP contribution < -0.4 is 0 Å². The molecule has 0 saturated carbocycles. The number of carbonyl (C=O) groups excluding carboxylic acids is 1. The highest BCUT2D eigenvalue weighted by atomic mass is 35.5. The smallest absolute Gasteiger partial charge is 0.153 e.